The molecular formula is C14H15F3N4. The molecule has 1 aliphatic carbocycles. The highest BCUT2D eigenvalue weighted by atomic mass is 19.4. The number of halogens is 3. The molecule has 0 radical (unpaired) electrons. The molecule has 2 aromatic heterocycles. The Balaban J connectivity index is 2.06. The Morgan fingerprint density at radius 1 is 1.24 bits per heavy atom. The number of rotatable bonds is 2. The lowest BCUT2D eigenvalue weighted by atomic mass is 9.95. The third-order valence-corrected chi connectivity index (χ3v) is 3.67. The molecule has 0 spiro atoms. The van der Waals surface area contributed by atoms with E-state index >= 15 is 0 Å². The molecule has 3 rings (SSSR count). The van der Waals surface area contributed by atoms with Gasteiger partial charge in [-0.1, -0.05) is 0 Å². The van der Waals surface area contributed by atoms with Gasteiger partial charge < -0.3 is 5.73 Å². The predicted octanol–water partition coefficient (Wildman–Crippen LogP) is 2.62. The van der Waals surface area contributed by atoms with Gasteiger partial charge in [0.2, 0.25) is 0 Å². The summed E-state index contributed by atoms with van der Waals surface area (Å²) in [5, 5.41) is 3.58. The molecule has 2 aromatic rings. The molecule has 0 saturated heterocycles. The fourth-order valence-corrected chi connectivity index (χ4v) is 2.61. The number of alkyl halides is 3. The first-order chi connectivity index (χ1) is 9.99. The molecular weight excluding hydrogens is 281 g/mol. The average molecular weight is 296 g/mol. The lowest BCUT2D eigenvalue weighted by Crippen LogP contribution is -2.15. The molecule has 4 nitrogen and oxygen atoms in total. The second-order valence-corrected chi connectivity index (χ2v) is 5.13. The molecule has 2 N–H and O–H groups in total. The Bertz CT molecular complexity index is 661. The Morgan fingerprint density at radius 2 is 2.00 bits per heavy atom. The van der Waals surface area contributed by atoms with Crippen molar-refractivity contribution in [2.24, 2.45) is 5.73 Å². The van der Waals surface area contributed by atoms with Crippen molar-refractivity contribution in [3.63, 3.8) is 0 Å². The standard InChI is InChI=1S/C14H15F3N4/c15-14(16,17)12-5-6-21(20-12)13-10(8-18)7-9-3-1-2-4-11(9)19-13/h5-7H,1-4,8,18H2. The molecule has 0 amide bonds. The van der Waals surface area contributed by atoms with E-state index in [-0.39, 0.29) is 6.54 Å². The highest BCUT2D eigenvalue weighted by Crippen LogP contribution is 2.29. The Kier molecular flexibility index (Phi) is 3.44. The van der Waals surface area contributed by atoms with Crippen LogP contribution in [0.2, 0.25) is 0 Å². The number of pyridine rings is 1. The Morgan fingerprint density at radius 3 is 2.67 bits per heavy atom. The van der Waals surface area contributed by atoms with Gasteiger partial charge in [0.15, 0.2) is 11.5 Å². The lowest BCUT2D eigenvalue weighted by molar-refractivity contribution is -0.141. The van der Waals surface area contributed by atoms with Gasteiger partial charge in [0.25, 0.3) is 0 Å². The molecule has 0 atom stereocenters. The summed E-state index contributed by atoms with van der Waals surface area (Å²) in [6.45, 7) is 0.219. The van der Waals surface area contributed by atoms with Gasteiger partial charge in [-0.2, -0.15) is 18.3 Å². The molecule has 0 aromatic carbocycles. The topological polar surface area (TPSA) is 56.7 Å². The molecule has 0 fully saturated rings. The van der Waals surface area contributed by atoms with Crippen LogP contribution in [0.5, 0.6) is 0 Å². The number of nitrogens with zero attached hydrogens (tertiary/aromatic N) is 3. The normalized spacial score (nSPS) is 15.0. The van der Waals surface area contributed by atoms with Crippen LogP contribution >= 0.6 is 0 Å². The van der Waals surface area contributed by atoms with Crippen LogP contribution in [0.4, 0.5) is 13.2 Å². The largest absolute Gasteiger partial charge is 0.435 e. The van der Waals surface area contributed by atoms with Crippen molar-refractivity contribution in [1.29, 1.82) is 0 Å². The van der Waals surface area contributed by atoms with Crippen LogP contribution in [0.15, 0.2) is 18.3 Å². The van der Waals surface area contributed by atoms with Crippen molar-refractivity contribution >= 4 is 0 Å². The maximum absolute atomic E-state index is 12.7. The van der Waals surface area contributed by atoms with Gasteiger partial charge in [0, 0.05) is 24.0 Å². The van der Waals surface area contributed by atoms with E-state index in [9.17, 15) is 13.2 Å². The fraction of sp³-hybridized carbons (Fsp3) is 0.429. The molecule has 112 valence electrons. The van der Waals surface area contributed by atoms with Crippen LogP contribution in [-0.2, 0) is 25.6 Å². The third kappa shape index (κ3) is 2.65. The van der Waals surface area contributed by atoms with Gasteiger partial charge in [-0.3, -0.25) is 0 Å². The maximum Gasteiger partial charge on any atom is 0.435 e. The van der Waals surface area contributed by atoms with Crippen LogP contribution in [0.3, 0.4) is 0 Å². The lowest BCUT2D eigenvalue weighted by Gasteiger charge is -2.18. The van der Waals surface area contributed by atoms with Gasteiger partial charge in [-0.15, -0.1) is 0 Å². The van der Waals surface area contributed by atoms with Crippen molar-refractivity contribution in [2.45, 2.75) is 38.4 Å². The van der Waals surface area contributed by atoms with Crippen molar-refractivity contribution < 1.29 is 13.2 Å². The number of nitrogens with two attached hydrogens (primary N) is 1. The molecule has 0 bridgehead atoms. The first-order valence-corrected chi connectivity index (χ1v) is 6.84. The van der Waals surface area contributed by atoms with E-state index in [0.29, 0.717) is 11.4 Å². The van der Waals surface area contributed by atoms with Gasteiger partial charge in [0.05, 0.1) is 0 Å². The smallest absolute Gasteiger partial charge is 0.326 e. The van der Waals surface area contributed by atoms with Gasteiger partial charge >= 0.3 is 6.18 Å². The molecule has 0 aliphatic heterocycles. The summed E-state index contributed by atoms with van der Waals surface area (Å²) in [5.41, 5.74) is 7.59. The van der Waals surface area contributed by atoms with Crippen LogP contribution < -0.4 is 5.73 Å². The second kappa shape index (κ2) is 5.14. The highest BCUT2D eigenvalue weighted by molar-refractivity contribution is 5.40. The summed E-state index contributed by atoms with van der Waals surface area (Å²) in [4.78, 5) is 4.50. The zero-order valence-electron chi connectivity index (χ0n) is 11.3. The average Bonchev–Trinajstić information content (AvgIpc) is 2.95. The van der Waals surface area contributed by atoms with E-state index in [1.807, 2.05) is 6.07 Å². The van der Waals surface area contributed by atoms with E-state index in [1.54, 1.807) is 0 Å². The number of hydrogen-bond donors (Lipinski definition) is 1. The number of aromatic nitrogens is 3. The van der Waals surface area contributed by atoms with Crippen molar-refractivity contribution in [1.82, 2.24) is 14.8 Å². The molecule has 21 heavy (non-hydrogen) atoms. The Hall–Kier alpha value is -1.89. The minimum atomic E-state index is -4.46. The van der Waals surface area contributed by atoms with Crippen molar-refractivity contribution in [2.75, 3.05) is 0 Å². The zero-order chi connectivity index (χ0) is 15.0. The fourth-order valence-electron chi connectivity index (χ4n) is 2.61. The van der Waals surface area contributed by atoms with E-state index < -0.39 is 11.9 Å². The second-order valence-electron chi connectivity index (χ2n) is 5.13. The molecule has 1 aliphatic rings. The van der Waals surface area contributed by atoms with Gasteiger partial charge in [0.1, 0.15) is 0 Å². The minimum absolute atomic E-state index is 0.219. The zero-order valence-corrected chi connectivity index (χ0v) is 11.3. The van der Waals surface area contributed by atoms with E-state index in [1.165, 1.54) is 10.9 Å². The monoisotopic (exact) mass is 296 g/mol. The number of aryl methyl sites for hydroxylation is 2. The van der Waals surface area contributed by atoms with Crippen LogP contribution in [0, 0.1) is 0 Å². The van der Waals surface area contributed by atoms with Gasteiger partial charge in [-0.05, 0) is 43.4 Å². The summed E-state index contributed by atoms with van der Waals surface area (Å²) in [5.74, 6) is 0.397. The quantitative estimate of drug-likeness (QED) is 0.927. The van der Waals surface area contributed by atoms with Gasteiger partial charge in [-0.25, -0.2) is 9.67 Å². The highest BCUT2D eigenvalue weighted by Gasteiger charge is 2.34. The SMILES string of the molecule is NCc1cc2c(nc1-n1ccc(C(F)(F)F)n1)CCCC2. The van der Waals surface area contributed by atoms with Crippen LogP contribution in [0.25, 0.3) is 5.82 Å². The molecule has 7 heteroatoms. The molecule has 0 unspecified atom stereocenters. The number of hydrogen-bond acceptors (Lipinski definition) is 3. The maximum atomic E-state index is 12.7. The molecule has 0 saturated carbocycles. The number of fused-ring (bicyclic) bond motifs is 1. The summed E-state index contributed by atoms with van der Waals surface area (Å²) < 4.78 is 39.1. The Labute approximate surface area is 119 Å². The minimum Gasteiger partial charge on any atom is -0.326 e. The first kappa shape index (κ1) is 14.1. The van der Waals surface area contributed by atoms with Crippen molar-refractivity contribution in [3.05, 3.63) is 40.8 Å². The van der Waals surface area contributed by atoms with Crippen LogP contribution in [0.1, 0.15) is 35.4 Å². The van der Waals surface area contributed by atoms with Crippen molar-refractivity contribution in [3.8, 4) is 5.82 Å². The third-order valence-electron chi connectivity index (χ3n) is 3.67. The summed E-state index contributed by atoms with van der Waals surface area (Å²) in [7, 11) is 0. The summed E-state index contributed by atoms with van der Waals surface area (Å²) in [6.07, 6.45) is 0.775. The first-order valence-electron chi connectivity index (χ1n) is 6.84. The summed E-state index contributed by atoms with van der Waals surface area (Å²) in [6, 6.07) is 2.90. The molecule has 2 heterocycles. The predicted molar refractivity (Wildman–Crippen MR) is 70.9 cm³/mol. The summed E-state index contributed by atoms with van der Waals surface area (Å²) >= 11 is 0. The van der Waals surface area contributed by atoms with E-state index in [4.69, 9.17) is 5.73 Å². The van der Waals surface area contributed by atoms with E-state index in [2.05, 4.69) is 10.1 Å². The van der Waals surface area contributed by atoms with E-state index in [0.717, 1.165) is 43.0 Å². The van der Waals surface area contributed by atoms with Crippen LogP contribution in [-0.4, -0.2) is 14.8 Å².